The Labute approximate surface area is 87.7 Å². The van der Waals surface area contributed by atoms with Crippen molar-refractivity contribution >= 4 is 16.9 Å². The standard InChI is InChI=1S/C10H6F3NO2/c11-10(12,13)14-5-7(9(15)16)6-3-1-2-4-8(6)14/h1-5H,(H,15,16). The van der Waals surface area contributed by atoms with Gasteiger partial charge >= 0.3 is 12.3 Å². The minimum Gasteiger partial charge on any atom is -0.478 e. The van der Waals surface area contributed by atoms with Crippen LogP contribution in [0.5, 0.6) is 0 Å². The summed E-state index contributed by atoms with van der Waals surface area (Å²) in [7, 11) is 0. The summed E-state index contributed by atoms with van der Waals surface area (Å²) in [5.74, 6) is -1.38. The third kappa shape index (κ3) is 1.52. The van der Waals surface area contributed by atoms with Crippen molar-refractivity contribution in [3.63, 3.8) is 0 Å². The number of rotatable bonds is 1. The Morgan fingerprint density at radius 2 is 1.88 bits per heavy atom. The van der Waals surface area contributed by atoms with Gasteiger partial charge in [-0.25, -0.2) is 4.79 Å². The average molecular weight is 229 g/mol. The fraction of sp³-hybridized carbons (Fsp3) is 0.100. The molecule has 16 heavy (non-hydrogen) atoms. The molecule has 1 N–H and O–H groups in total. The van der Waals surface area contributed by atoms with Crippen molar-refractivity contribution in [3.8, 4) is 0 Å². The molecule has 0 spiro atoms. The summed E-state index contributed by atoms with van der Waals surface area (Å²) in [6.45, 7) is 0. The highest BCUT2D eigenvalue weighted by Crippen LogP contribution is 2.30. The summed E-state index contributed by atoms with van der Waals surface area (Å²) < 4.78 is 37.7. The summed E-state index contributed by atoms with van der Waals surface area (Å²) in [5.41, 5.74) is -0.514. The molecule has 0 saturated heterocycles. The number of aromatic nitrogens is 1. The maximum absolute atomic E-state index is 12.6. The zero-order valence-electron chi connectivity index (χ0n) is 7.82. The number of hydrogen-bond donors (Lipinski definition) is 1. The minimum atomic E-state index is -4.62. The number of nitrogens with zero attached hydrogens (tertiary/aromatic N) is 1. The predicted molar refractivity (Wildman–Crippen MR) is 50.2 cm³/mol. The SMILES string of the molecule is O=C(O)c1cn(C(F)(F)F)c2ccccc12. The average Bonchev–Trinajstić information content (AvgIpc) is 2.56. The van der Waals surface area contributed by atoms with Gasteiger partial charge in [-0.3, -0.25) is 4.57 Å². The fourth-order valence-corrected chi connectivity index (χ4v) is 1.56. The minimum absolute atomic E-state index is 0.00574. The number of alkyl halides is 3. The summed E-state index contributed by atoms with van der Waals surface area (Å²) in [5, 5.41) is 8.86. The van der Waals surface area contributed by atoms with Crippen LogP contribution in [0.25, 0.3) is 10.9 Å². The molecule has 0 unspecified atom stereocenters. The molecule has 0 aliphatic rings. The van der Waals surface area contributed by atoms with Crippen molar-refractivity contribution in [1.29, 1.82) is 0 Å². The van der Waals surface area contributed by atoms with Crippen LogP contribution in [0.1, 0.15) is 10.4 Å². The van der Waals surface area contributed by atoms with Gasteiger partial charge in [0.1, 0.15) is 0 Å². The third-order valence-electron chi connectivity index (χ3n) is 2.22. The Kier molecular flexibility index (Phi) is 2.15. The van der Waals surface area contributed by atoms with Crippen LogP contribution in [0.4, 0.5) is 13.2 Å². The number of hydrogen-bond acceptors (Lipinski definition) is 1. The first-order valence-corrected chi connectivity index (χ1v) is 4.32. The number of carboxylic acids is 1. The van der Waals surface area contributed by atoms with Crippen LogP contribution in [0.3, 0.4) is 0 Å². The van der Waals surface area contributed by atoms with Gasteiger partial charge in [-0.05, 0) is 6.07 Å². The van der Waals surface area contributed by atoms with Crippen LogP contribution in [0.2, 0.25) is 0 Å². The monoisotopic (exact) mass is 229 g/mol. The molecule has 3 nitrogen and oxygen atoms in total. The second-order valence-corrected chi connectivity index (χ2v) is 3.20. The van der Waals surface area contributed by atoms with E-state index in [4.69, 9.17) is 5.11 Å². The van der Waals surface area contributed by atoms with Gasteiger partial charge in [-0.2, -0.15) is 0 Å². The van der Waals surface area contributed by atoms with Crippen molar-refractivity contribution in [3.05, 3.63) is 36.0 Å². The van der Waals surface area contributed by atoms with E-state index in [0.717, 1.165) is 0 Å². The molecular formula is C10H6F3NO2. The molecule has 0 radical (unpaired) electrons. The highest BCUT2D eigenvalue weighted by molar-refractivity contribution is 6.03. The molecule has 1 heterocycles. The number of carboxylic acid groups (broad SMARTS) is 1. The molecule has 6 heteroatoms. The van der Waals surface area contributed by atoms with Crippen LogP contribution in [0.15, 0.2) is 30.5 Å². The fourth-order valence-electron chi connectivity index (χ4n) is 1.56. The molecule has 1 aromatic heterocycles. The zero-order valence-corrected chi connectivity index (χ0v) is 7.82. The molecule has 0 bridgehead atoms. The number of benzene rings is 1. The first kappa shape index (κ1) is 10.5. The maximum Gasteiger partial charge on any atom is 0.488 e. The predicted octanol–water partition coefficient (Wildman–Crippen LogP) is 2.82. The van der Waals surface area contributed by atoms with Crippen LogP contribution in [0, 0.1) is 0 Å². The third-order valence-corrected chi connectivity index (χ3v) is 2.22. The zero-order chi connectivity index (χ0) is 11.9. The number of fused-ring (bicyclic) bond motifs is 1. The number of para-hydroxylation sites is 1. The number of carbonyl (C=O) groups is 1. The number of halogens is 3. The van der Waals surface area contributed by atoms with Crippen molar-refractivity contribution in [2.24, 2.45) is 0 Å². The van der Waals surface area contributed by atoms with Crippen molar-refractivity contribution in [2.45, 2.75) is 6.30 Å². The van der Waals surface area contributed by atoms with Gasteiger partial charge < -0.3 is 5.11 Å². The lowest BCUT2D eigenvalue weighted by molar-refractivity contribution is -0.200. The molecule has 2 aromatic rings. The molecule has 0 aliphatic heterocycles. The van der Waals surface area contributed by atoms with Gasteiger partial charge in [-0.15, -0.1) is 13.2 Å². The lowest BCUT2D eigenvalue weighted by Gasteiger charge is -2.08. The number of aromatic carboxylic acids is 1. The van der Waals surface area contributed by atoms with E-state index in [9.17, 15) is 18.0 Å². The first-order valence-electron chi connectivity index (χ1n) is 4.32. The molecule has 2 rings (SSSR count). The topological polar surface area (TPSA) is 42.2 Å². The molecule has 0 fully saturated rings. The Bertz CT molecular complexity index is 557. The second-order valence-electron chi connectivity index (χ2n) is 3.20. The van der Waals surface area contributed by atoms with Gasteiger partial charge in [-0.1, -0.05) is 18.2 Å². The van der Waals surface area contributed by atoms with Gasteiger partial charge in [0.2, 0.25) is 0 Å². The normalized spacial score (nSPS) is 11.9. The van der Waals surface area contributed by atoms with Crippen molar-refractivity contribution < 1.29 is 23.1 Å². The van der Waals surface area contributed by atoms with Crippen LogP contribution in [-0.2, 0) is 6.30 Å². The molecule has 84 valence electrons. The van der Waals surface area contributed by atoms with E-state index in [1.165, 1.54) is 24.3 Å². The Morgan fingerprint density at radius 1 is 1.25 bits per heavy atom. The van der Waals surface area contributed by atoms with Gasteiger partial charge in [0.25, 0.3) is 0 Å². The Hall–Kier alpha value is -1.98. The van der Waals surface area contributed by atoms with E-state index >= 15 is 0 Å². The molecule has 0 aliphatic carbocycles. The Balaban J connectivity index is 2.82. The highest BCUT2D eigenvalue weighted by Gasteiger charge is 2.33. The second kappa shape index (κ2) is 3.26. The van der Waals surface area contributed by atoms with E-state index < -0.39 is 12.3 Å². The van der Waals surface area contributed by atoms with Crippen LogP contribution in [-0.4, -0.2) is 15.6 Å². The molecular weight excluding hydrogens is 223 g/mol. The first-order chi connectivity index (χ1) is 7.41. The molecule has 0 saturated carbocycles. The van der Waals surface area contributed by atoms with Crippen molar-refractivity contribution in [2.75, 3.05) is 0 Å². The summed E-state index contributed by atoms with van der Waals surface area (Å²) >= 11 is 0. The quantitative estimate of drug-likeness (QED) is 0.816. The largest absolute Gasteiger partial charge is 0.488 e. The summed E-state index contributed by atoms with van der Waals surface area (Å²) in [4.78, 5) is 10.8. The highest BCUT2D eigenvalue weighted by atomic mass is 19.4. The maximum atomic E-state index is 12.6. The van der Waals surface area contributed by atoms with E-state index in [2.05, 4.69) is 0 Å². The van der Waals surface area contributed by atoms with E-state index in [1.807, 2.05) is 0 Å². The van der Waals surface area contributed by atoms with E-state index in [-0.39, 0.29) is 21.0 Å². The van der Waals surface area contributed by atoms with E-state index in [0.29, 0.717) is 6.20 Å². The van der Waals surface area contributed by atoms with Gasteiger partial charge in [0, 0.05) is 11.6 Å². The molecule has 0 atom stereocenters. The van der Waals surface area contributed by atoms with E-state index in [1.54, 1.807) is 0 Å². The Morgan fingerprint density at radius 3 is 2.44 bits per heavy atom. The molecule has 1 aromatic carbocycles. The summed E-state index contributed by atoms with van der Waals surface area (Å²) in [6, 6.07) is 5.50. The lowest BCUT2D eigenvalue weighted by Crippen LogP contribution is -2.15. The van der Waals surface area contributed by atoms with Gasteiger partial charge in [0.05, 0.1) is 11.1 Å². The lowest BCUT2D eigenvalue weighted by atomic mass is 10.2. The molecule has 0 amide bonds. The smallest absolute Gasteiger partial charge is 0.478 e. The summed E-state index contributed by atoms with van der Waals surface area (Å²) in [6.07, 6.45) is -4.03. The van der Waals surface area contributed by atoms with Crippen LogP contribution >= 0.6 is 0 Å². The van der Waals surface area contributed by atoms with Crippen molar-refractivity contribution in [1.82, 2.24) is 4.57 Å². The van der Waals surface area contributed by atoms with Gasteiger partial charge in [0.15, 0.2) is 0 Å². The van der Waals surface area contributed by atoms with Crippen LogP contribution < -0.4 is 0 Å².